The summed E-state index contributed by atoms with van der Waals surface area (Å²) < 4.78 is 19.6. The van der Waals surface area contributed by atoms with E-state index in [1.165, 1.54) is 17.8 Å². The third-order valence-electron chi connectivity index (χ3n) is 7.06. The summed E-state index contributed by atoms with van der Waals surface area (Å²) in [5, 5.41) is 34.6. The van der Waals surface area contributed by atoms with Gasteiger partial charge in [0.1, 0.15) is 12.4 Å². The van der Waals surface area contributed by atoms with Gasteiger partial charge >= 0.3 is 6.09 Å². The molecule has 4 atom stereocenters. The van der Waals surface area contributed by atoms with Gasteiger partial charge in [-0.15, -0.1) is 5.10 Å². The van der Waals surface area contributed by atoms with Crippen molar-refractivity contribution in [1.82, 2.24) is 25.5 Å². The highest BCUT2D eigenvalue weighted by Crippen LogP contribution is 2.43. The van der Waals surface area contributed by atoms with E-state index in [1.54, 1.807) is 28.9 Å². The average Bonchev–Trinajstić information content (AvgIpc) is 3.51. The van der Waals surface area contributed by atoms with Crippen LogP contribution in [0.2, 0.25) is 0 Å². The number of aliphatic hydroxyl groups excluding tert-OH is 1. The minimum Gasteiger partial charge on any atom is -0.508 e. The molecule has 4 aromatic rings. The summed E-state index contributed by atoms with van der Waals surface area (Å²) in [7, 11) is 0. The molecule has 1 amide bonds. The number of ether oxygens (including phenoxy) is 3. The Balaban J connectivity index is 1.33. The number of aromatic hydroxyl groups is 1. The second kappa shape index (κ2) is 14.3. The van der Waals surface area contributed by atoms with E-state index in [0.29, 0.717) is 17.5 Å². The van der Waals surface area contributed by atoms with Crippen molar-refractivity contribution in [3.8, 4) is 11.4 Å². The molecule has 0 radical (unpaired) electrons. The molecule has 1 fully saturated rings. The van der Waals surface area contributed by atoms with Crippen LogP contribution in [0.3, 0.4) is 0 Å². The molecule has 11 nitrogen and oxygen atoms in total. The monoisotopic (exact) mass is 603 g/mol. The maximum absolute atomic E-state index is 11.8. The number of alkyl carbamates (subject to hydrolysis) is 1. The summed E-state index contributed by atoms with van der Waals surface area (Å²) in [5.74, 6) is 0.696. The molecule has 0 saturated carbocycles. The highest BCUT2D eigenvalue weighted by molar-refractivity contribution is 7.99. The van der Waals surface area contributed by atoms with Gasteiger partial charge in [0.15, 0.2) is 6.29 Å². The number of amides is 1. The highest BCUT2D eigenvalue weighted by Gasteiger charge is 2.38. The Hall–Kier alpha value is -4.23. The maximum Gasteiger partial charge on any atom is 0.407 e. The molecule has 1 aromatic heterocycles. The Bertz CT molecular complexity index is 1500. The zero-order valence-corrected chi connectivity index (χ0v) is 24.4. The van der Waals surface area contributed by atoms with Gasteiger partial charge in [-0.05, 0) is 51.4 Å². The molecule has 0 spiro atoms. The number of rotatable bonds is 11. The van der Waals surface area contributed by atoms with Crippen molar-refractivity contribution in [2.75, 3.05) is 12.4 Å². The fourth-order valence-corrected chi connectivity index (χ4v) is 5.70. The summed E-state index contributed by atoms with van der Waals surface area (Å²) in [6, 6.07) is 22.1. The zero-order chi connectivity index (χ0) is 30.2. The highest BCUT2D eigenvalue weighted by atomic mass is 32.2. The van der Waals surface area contributed by atoms with Crippen LogP contribution in [0.15, 0.2) is 90.6 Å². The summed E-state index contributed by atoms with van der Waals surface area (Å²) in [6.45, 7) is 6.05. The lowest BCUT2D eigenvalue weighted by molar-refractivity contribution is -0.268. The fourth-order valence-electron chi connectivity index (χ4n) is 4.64. The second-order valence-corrected chi connectivity index (χ2v) is 11.0. The van der Waals surface area contributed by atoms with E-state index in [-0.39, 0.29) is 37.1 Å². The van der Waals surface area contributed by atoms with Gasteiger partial charge < -0.3 is 29.7 Å². The van der Waals surface area contributed by atoms with Crippen LogP contribution in [0.25, 0.3) is 5.69 Å². The number of nitrogens with one attached hydrogen (secondary N) is 1. The number of nitrogens with zero attached hydrogens (tertiary/aromatic N) is 4. The molecule has 1 saturated heterocycles. The molecule has 12 heteroatoms. The summed E-state index contributed by atoms with van der Waals surface area (Å²) in [6.07, 6.45) is -0.138. The summed E-state index contributed by atoms with van der Waals surface area (Å²) >= 11 is 1.47. The van der Waals surface area contributed by atoms with Crippen LogP contribution in [0, 0.1) is 5.92 Å². The van der Waals surface area contributed by atoms with Gasteiger partial charge in [0.05, 0.1) is 24.5 Å². The maximum atomic E-state index is 11.8. The number of phenolic OH excluding ortho intramolecular Hbond substituents is 1. The van der Waals surface area contributed by atoms with Gasteiger partial charge in [0.2, 0.25) is 5.16 Å². The van der Waals surface area contributed by atoms with Crippen LogP contribution in [0.5, 0.6) is 5.75 Å². The van der Waals surface area contributed by atoms with Crippen LogP contribution in [0.1, 0.15) is 41.6 Å². The van der Waals surface area contributed by atoms with E-state index in [9.17, 15) is 15.0 Å². The number of tetrazole rings is 1. The Kier molecular flexibility index (Phi) is 10.1. The molecule has 224 valence electrons. The lowest BCUT2D eigenvalue weighted by atomic mass is 9.91. The average molecular weight is 604 g/mol. The van der Waals surface area contributed by atoms with Crippen LogP contribution >= 0.6 is 11.8 Å². The molecule has 2 heterocycles. The van der Waals surface area contributed by atoms with Crippen LogP contribution in [-0.2, 0) is 27.4 Å². The molecule has 0 aliphatic carbocycles. The fraction of sp³-hybridized carbons (Fsp3) is 0.290. The number of carbonyl (C=O) groups is 1. The number of aliphatic hydroxyl groups is 1. The first-order valence-corrected chi connectivity index (χ1v) is 14.7. The predicted octanol–water partition coefficient (Wildman–Crippen LogP) is 4.86. The van der Waals surface area contributed by atoms with E-state index in [4.69, 9.17) is 14.2 Å². The third-order valence-corrected chi connectivity index (χ3v) is 8.06. The Morgan fingerprint density at radius 1 is 1.05 bits per heavy atom. The number of carbonyl (C=O) groups excluding carboxylic acids is 1. The van der Waals surface area contributed by atoms with Crippen molar-refractivity contribution in [1.29, 1.82) is 0 Å². The molecular weight excluding hydrogens is 570 g/mol. The second-order valence-electron chi connectivity index (χ2n) is 10.0. The number of aromatic nitrogens is 4. The molecule has 1 aliphatic heterocycles. The van der Waals surface area contributed by atoms with Crippen LogP contribution in [0.4, 0.5) is 4.79 Å². The van der Waals surface area contributed by atoms with E-state index in [0.717, 1.165) is 27.9 Å². The van der Waals surface area contributed by atoms with E-state index >= 15 is 0 Å². The largest absolute Gasteiger partial charge is 0.508 e. The third kappa shape index (κ3) is 7.59. The van der Waals surface area contributed by atoms with Crippen molar-refractivity contribution < 1.29 is 29.2 Å². The molecule has 3 N–H and O–H groups in total. The molecule has 5 rings (SSSR count). The molecule has 4 unspecified atom stereocenters. The first kappa shape index (κ1) is 30.2. The minimum absolute atomic E-state index is 0.0215. The standard InChI is InChI=1S/C31H33N5O6S/c1-3-16-40-31(39)32-17-21-4-10-24(11-5-21)29-41-27(20(2)28(42-29)23-8-6-22(18-37)7-9-23)19-43-30-33-34-35-36(30)25-12-14-26(38)15-13-25/h3-15,20,27-29,37-38H,1,16-19H2,2H3,(H,32,39). The van der Waals surface area contributed by atoms with Crippen molar-refractivity contribution in [3.63, 3.8) is 0 Å². The molecule has 1 aliphatic rings. The molecular formula is C31H33N5O6S. The van der Waals surface area contributed by atoms with Gasteiger partial charge in [0, 0.05) is 23.8 Å². The van der Waals surface area contributed by atoms with E-state index in [2.05, 4.69) is 34.3 Å². The lowest BCUT2D eigenvalue weighted by Crippen LogP contribution is -2.38. The smallest absolute Gasteiger partial charge is 0.407 e. The summed E-state index contributed by atoms with van der Waals surface area (Å²) in [4.78, 5) is 11.8. The topological polar surface area (TPSA) is 141 Å². The normalized spacial score (nSPS) is 20.0. The van der Waals surface area contributed by atoms with Crippen LogP contribution in [-0.4, -0.2) is 55.0 Å². The zero-order valence-electron chi connectivity index (χ0n) is 23.6. The molecule has 43 heavy (non-hydrogen) atoms. The van der Waals surface area contributed by atoms with Gasteiger partial charge in [-0.2, -0.15) is 4.68 Å². The van der Waals surface area contributed by atoms with Crippen molar-refractivity contribution >= 4 is 17.9 Å². The minimum atomic E-state index is -0.642. The number of hydrogen-bond donors (Lipinski definition) is 3. The first-order valence-electron chi connectivity index (χ1n) is 13.8. The van der Waals surface area contributed by atoms with E-state index < -0.39 is 12.4 Å². The number of phenols is 1. The van der Waals surface area contributed by atoms with Crippen LogP contribution < -0.4 is 5.32 Å². The summed E-state index contributed by atoms with van der Waals surface area (Å²) in [5.41, 5.74) is 4.28. The molecule has 3 aromatic carbocycles. The number of benzene rings is 3. The Morgan fingerprint density at radius 3 is 2.44 bits per heavy atom. The van der Waals surface area contributed by atoms with Crippen molar-refractivity contribution in [2.24, 2.45) is 5.92 Å². The van der Waals surface area contributed by atoms with Gasteiger partial charge in [0.25, 0.3) is 0 Å². The van der Waals surface area contributed by atoms with Gasteiger partial charge in [-0.25, -0.2) is 4.79 Å². The Labute approximate surface area is 253 Å². The first-order chi connectivity index (χ1) is 20.9. The lowest BCUT2D eigenvalue weighted by Gasteiger charge is -2.41. The van der Waals surface area contributed by atoms with Crippen molar-refractivity contribution in [3.05, 3.63) is 108 Å². The number of thioether (sulfide) groups is 1. The molecule has 0 bridgehead atoms. The van der Waals surface area contributed by atoms with Gasteiger partial charge in [-0.3, -0.25) is 0 Å². The SMILES string of the molecule is C=CCOC(=O)NCc1ccc(C2OC(CSc3nnnn3-c3ccc(O)cc3)C(C)C(c3ccc(CO)cc3)O2)cc1. The van der Waals surface area contributed by atoms with Gasteiger partial charge in [-0.1, -0.05) is 79.9 Å². The van der Waals surface area contributed by atoms with Crippen molar-refractivity contribution in [2.45, 2.75) is 43.7 Å². The van der Waals surface area contributed by atoms with E-state index in [1.807, 2.05) is 48.5 Å². The Morgan fingerprint density at radius 2 is 1.74 bits per heavy atom. The predicted molar refractivity (Wildman–Crippen MR) is 159 cm³/mol. The number of hydrogen-bond acceptors (Lipinski definition) is 10. The quantitative estimate of drug-likeness (QED) is 0.161.